The van der Waals surface area contributed by atoms with Crippen molar-refractivity contribution in [2.75, 3.05) is 19.6 Å². The second kappa shape index (κ2) is 34.4. The summed E-state index contributed by atoms with van der Waals surface area (Å²) in [5.41, 5.74) is 26.8. The smallest absolute Gasteiger partial charge is 0.338 e. The molecule has 2 saturated carbocycles. The first kappa shape index (κ1) is 68.1. The zero-order valence-electron chi connectivity index (χ0n) is 54.0. The minimum absolute atomic E-state index is 0.0531. The van der Waals surface area contributed by atoms with Gasteiger partial charge in [0, 0.05) is 38.9 Å². The van der Waals surface area contributed by atoms with Crippen molar-refractivity contribution in [3.05, 3.63) is 286 Å². The van der Waals surface area contributed by atoms with Gasteiger partial charge in [0.25, 0.3) is 0 Å². The van der Waals surface area contributed by atoms with Crippen LogP contribution in [0, 0.1) is 11.8 Å². The van der Waals surface area contributed by atoms with Crippen LogP contribution in [0.2, 0.25) is 0 Å². The molecule has 10 aromatic rings. The maximum Gasteiger partial charge on any atom is 0.338 e. The van der Waals surface area contributed by atoms with E-state index in [1.807, 2.05) is 146 Å². The third-order valence-electron chi connectivity index (χ3n) is 18.4. The highest BCUT2D eigenvalue weighted by Crippen LogP contribution is 2.29. The number of benzene rings is 10. The molecule has 0 aromatic heterocycles. The monoisotopic (exact) mass is 1270 g/mol. The Balaban J connectivity index is 0.000000155. The lowest BCUT2D eigenvalue weighted by molar-refractivity contribution is -0.151. The summed E-state index contributed by atoms with van der Waals surface area (Å²) in [4.78, 5) is 75.4. The molecule has 2 fully saturated rings. The number of ether oxygens (including phenoxy) is 3. The predicted octanol–water partition coefficient (Wildman–Crippen LogP) is 15.3. The van der Waals surface area contributed by atoms with Gasteiger partial charge in [0.2, 0.25) is 0 Å². The largest absolute Gasteiger partial charge is 0.461 e. The van der Waals surface area contributed by atoms with Gasteiger partial charge in [0.05, 0.1) is 35.2 Å². The van der Waals surface area contributed by atoms with Gasteiger partial charge in [-0.25, -0.2) is 4.79 Å². The molecular weight excluding hydrogens is 1180 g/mol. The summed E-state index contributed by atoms with van der Waals surface area (Å²) in [7, 11) is 0. The Kier molecular flexibility index (Phi) is 24.7. The Hall–Kier alpha value is -9.72. The van der Waals surface area contributed by atoms with Crippen molar-refractivity contribution in [1.29, 1.82) is 0 Å². The van der Waals surface area contributed by atoms with Gasteiger partial charge in [0.15, 0.2) is 0 Å². The van der Waals surface area contributed by atoms with Crippen LogP contribution in [0.25, 0.3) is 32.3 Å². The van der Waals surface area contributed by atoms with Crippen LogP contribution >= 0.6 is 0 Å². The van der Waals surface area contributed by atoms with Gasteiger partial charge in [-0.05, 0) is 120 Å². The first-order valence-corrected chi connectivity index (χ1v) is 33.3. The highest BCUT2D eigenvalue weighted by Gasteiger charge is 2.26. The lowest BCUT2D eigenvalue weighted by Crippen LogP contribution is -2.23. The average molecular weight is 1270 g/mol. The highest BCUT2D eigenvalue weighted by atomic mass is 16.5. The minimum Gasteiger partial charge on any atom is -0.461 e. The number of hydrogen-bond acceptors (Lipinski definition) is 12. The van der Waals surface area contributed by atoms with Crippen molar-refractivity contribution in [2.45, 2.75) is 115 Å². The van der Waals surface area contributed by atoms with Crippen molar-refractivity contribution in [3.63, 3.8) is 0 Å². The first-order chi connectivity index (χ1) is 46.4. The molecule has 3 unspecified atom stereocenters. The molecule has 0 radical (unpaired) electrons. The molecule has 12 heteroatoms. The number of rotatable bonds is 24. The number of esters is 3. The fraction of sp³-hybridized carbons (Fsp3) is 0.277. The van der Waals surface area contributed by atoms with E-state index in [0.717, 1.165) is 123 Å². The number of ketones is 3. The molecule has 0 spiro atoms. The van der Waals surface area contributed by atoms with Crippen LogP contribution in [0.3, 0.4) is 0 Å². The molecule has 95 heavy (non-hydrogen) atoms. The molecular formula is C83H85N3O9. The molecule has 0 bridgehead atoms. The molecule has 10 aromatic carbocycles. The van der Waals surface area contributed by atoms with E-state index in [0.29, 0.717) is 24.8 Å². The fourth-order valence-corrected chi connectivity index (χ4v) is 12.8. The summed E-state index contributed by atoms with van der Waals surface area (Å²) in [6.45, 7) is 1.49. The van der Waals surface area contributed by atoms with Crippen molar-refractivity contribution in [1.82, 2.24) is 0 Å². The lowest BCUT2D eigenvalue weighted by Gasteiger charge is -2.20. The Morgan fingerprint density at radius 3 is 0.926 bits per heavy atom. The zero-order valence-corrected chi connectivity index (χ0v) is 54.0. The van der Waals surface area contributed by atoms with Crippen LogP contribution in [0.1, 0.15) is 136 Å². The van der Waals surface area contributed by atoms with Crippen LogP contribution in [-0.4, -0.2) is 54.9 Å². The summed E-state index contributed by atoms with van der Waals surface area (Å²) in [6.07, 6.45) is 10.5. The van der Waals surface area contributed by atoms with E-state index in [-0.39, 0.29) is 104 Å². The summed E-state index contributed by atoms with van der Waals surface area (Å²) < 4.78 is 16.4. The number of nitrogens with two attached hydrogens (primary N) is 3. The number of carbonyl (C=O) groups excluding carboxylic acids is 6. The molecule has 0 amide bonds. The van der Waals surface area contributed by atoms with Gasteiger partial charge in [-0.1, -0.05) is 250 Å². The lowest BCUT2D eigenvalue weighted by atomic mass is 9.89. The zero-order chi connectivity index (χ0) is 66.3. The number of carbonyl (C=O) groups is 6. The van der Waals surface area contributed by atoms with Crippen LogP contribution in [0.4, 0.5) is 0 Å². The van der Waals surface area contributed by atoms with Crippen molar-refractivity contribution < 1.29 is 43.0 Å². The van der Waals surface area contributed by atoms with Crippen LogP contribution in [0.5, 0.6) is 0 Å². The molecule has 3 atom stereocenters. The molecule has 486 valence electrons. The molecule has 0 aliphatic heterocycles. The molecule has 0 saturated heterocycles. The third kappa shape index (κ3) is 19.2. The maximum absolute atomic E-state index is 13.0. The quantitative estimate of drug-likeness (QED) is 0.0381. The van der Waals surface area contributed by atoms with Crippen molar-refractivity contribution in [3.8, 4) is 0 Å². The number of hydrogen-bond donors (Lipinski definition) is 3. The van der Waals surface area contributed by atoms with Gasteiger partial charge in [-0.2, -0.15) is 0 Å². The van der Waals surface area contributed by atoms with E-state index in [4.69, 9.17) is 31.4 Å². The summed E-state index contributed by atoms with van der Waals surface area (Å²) in [6, 6.07) is 74.6. The van der Waals surface area contributed by atoms with Crippen LogP contribution in [-0.2, 0) is 77.3 Å². The van der Waals surface area contributed by atoms with Gasteiger partial charge in [-0.15, -0.1) is 0 Å². The van der Waals surface area contributed by atoms with E-state index in [1.54, 1.807) is 24.3 Å². The second-order valence-corrected chi connectivity index (χ2v) is 25.0. The van der Waals surface area contributed by atoms with E-state index in [2.05, 4.69) is 60.7 Å². The van der Waals surface area contributed by atoms with E-state index in [1.165, 1.54) is 17.2 Å². The number of Topliss-reactive ketones (excluding diaryl/α,β-unsaturated/α-hetero) is 3. The van der Waals surface area contributed by atoms with Crippen LogP contribution < -0.4 is 17.2 Å². The molecule has 12 nitrogen and oxygen atoms in total. The Labute approximate surface area is 557 Å². The number of fused-ring (bicyclic) bond motifs is 3. The molecule has 12 rings (SSSR count). The highest BCUT2D eigenvalue weighted by molar-refractivity contribution is 5.93. The van der Waals surface area contributed by atoms with Gasteiger partial charge in [0.1, 0.15) is 37.2 Å². The second-order valence-electron chi connectivity index (χ2n) is 25.0. The van der Waals surface area contributed by atoms with E-state index < -0.39 is 0 Å². The molecule has 6 N–H and O–H groups in total. The summed E-state index contributed by atoms with van der Waals surface area (Å²) >= 11 is 0. The molecule has 2 aliphatic rings. The Morgan fingerprint density at radius 1 is 0.316 bits per heavy atom. The summed E-state index contributed by atoms with van der Waals surface area (Å²) in [5, 5.41) is 6.87. The predicted molar refractivity (Wildman–Crippen MR) is 376 cm³/mol. The maximum atomic E-state index is 13.0. The first-order valence-electron chi connectivity index (χ1n) is 33.3. The van der Waals surface area contributed by atoms with E-state index >= 15 is 0 Å². The Bertz CT molecular complexity index is 4200. The summed E-state index contributed by atoms with van der Waals surface area (Å²) in [5.74, 6) is -1.18. The standard InChI is InChI=1S/C28H31NO3.C28H25NO3.C27H29NO3/c2*29-18-26(27(30)17-21-12-13-22-6-4-5-9-25(22)16-21)23-14-10-20(11-15-23)19-32-28(31)24-7-2-1-3-8-24;28-17-25(26(29)16-20-11-12-21-5-1-4-8-24(21)15-20)22-13-9-19(10-14-22)18-31-27(30)23-6-2-3-7-23/h4-6,9-16,24,26H,1-3,7-8,17-19,29H2;1-16,26H,17-19,29H2;1,4-5,8-15,23,25H,2-3,6-7,16-18,28H2. The van der Waals surface area contributed by atoms with Gasteiger partial charge >= 0.3 is 17.9 Å². The normalized spacial score (nSPS) is 14.1. The van der Waals surface area contributed by atoms with E-state index in [9.17, 15) is 28.8 Å². The molecule has 2 aliphatic carbocycles. The van der Waals surface area contributed by atoms with Crippen LogP contribution in [0.15, 0.2) is 231 Å². The Morgan fingerprint density at radius 2 is 0.600 bits per heavy atom. The van der Waals surface area contributed by atoms with Crippen molar-refractivity contribution >= 4 is 67.6 Å². The average Bonchev–Trinajstić information content (AvgIpc) is 1.56. The minimum atomic E-state index is -0.373. The SMILES string of the molecule is NCC(C(=O)Cc1ccc2ccccc2c1)c1ccc(COC(=O)C2CCCC2)cc1.NCC(C(=O)Cc1ccc2ccccc2c1)c1ccc(COC(=O)C2CCCCC2)cc1.NCC(C(=O)Cc1ccc2ccccc2c1)c1ccc(COC(=O)c2ccccc2)cc1. The van der Waals surface area contributed by atoms with Gasteiger partial charge in [-0.3, -0.25) is 24.0 Å². The van der Waals surface area contributed by atoms with Gasteiger partial charge < -0.3 is 31.4 Å². The fourth-order valence-electron chi connectivity index (χ4n) is 12.8. The third-order valence-corrected chi connectivity index (χ3v) is 18.4. The topological polar surface area (TPSA) is 208 Å². The molecule has 0 heterocycles. The van der Waals surface area contributed by atoms with Crippen molar-refractivity contribution in [2.24, 2.45) is 29.0 Å².